The molecule has 0 radical (unpaired) electrons. The normalized spacial score (nSPS) is 35.3. The molecule has 3 amide bonds. The van der Waals surface area contributed by atoms with E-state index in [-0.39, 0.29) is 29.7 Å². The number of halogens is 1. The fourth-order valence-electron chi connectivity index (χ4n) is 3.60. The van der Waals surface area contributed by atoms with Crippen molar-refractivity contribution >= 4 is 23.4 Å². The fourth-order valence-corrected chi connectivity index (χ4v) is 3.60. The molecule has 1 unspecified atom stereocenters. The lowest BCUT2D eigenvalue weighted by Gasteiger charge is -2.29. The molecule has 0 bridgehead atoms. The highest BCUT2D eigenvalue weighted by atomic mass is 19.1. The molecule has 1 atom stereocenters. The molecule has 3 aliphatic heterocycles. The zero-order valence-corrected chi connectivity index (χ0v) is 17.4. The Bertz CT molecular complexity index is 1700. The van der Waals surface area contributed by atoms with E-state index < -0.39 is 91.2 Å². The fraction of sp³-hybridized carbons (Fsp3) is 0.400. The number of anilines is 1. The minimum Gasteiger partial charge on any atom is -0.381 e. The lowest BCUT2D eigenvalue weighted by atomic mass is 10.0. The van der Waals surface area contributed by atoms with Crippen molar-refractivity contribution in [2.45, 2.75) is 38.4 Å². The molecule has 0 saturated carbocycles. The maximum absolute atomic E-state index is 15.7. The summed E-state index contributed by atoms with van der Waals surface area (Å²) in [6.07, 6.45) is -0.324. The van der Waals surface area contributed by atoms with Gasteiger partial charge in [-0.15, -0.1) is 0 Å². The van der Waals surface area contributed by atoms with E-state index >= 15 is 4.39 Å². The number of hydrogen-bond donors (Lipinski definition) is 2. The number of morpholine rings is 1. The highest BCUT2D eigenvalue weighted by Crippen LogP contribution is 2.32. The Morgan fingerprint density at radius 1 is 1.21 bits per heavy atom. The van der Waals surface area contributed by atoms with Crippen LogP contribution in [0.25, 0.3) is 0 Å². The Labute approximate surface area is 216 Å². The van der Waals surface area contributed by atoms with Crippen LogP contribution in [-0.4, -0.2) is 59.7 Å². The van der Waals surface area contributed by atoms with Gasteiger partial charge in [0.05, 0.1) is 24.1 Å². The van der Waals surface area contributed by atoms with Gasteiger partial charge in [0.2, 0.25) is 11.8 Å². The van der Waals surface area contributed by atoms with Gasteiger partial charge in [-0.25, -0.2) is 4.39 Å². The highest BCUT2D eigenvalue weighted by molar-refractivity contribution is 6.06. The monoisotopic (exact) mass is 480 g/mol. The highest BCUT2D eigenvalue weighted by Gasteiger charge is 2.39. The minimum absolute atomic E-state index is 0.158. The summed E-state index contributed by atoms with van der Waals surface area (Å²) in [5, 5.41) is 4.40. The number of nitrogens with zero attached hydrogens (tertiary/aromatic N) is 2. The lowest BCUT2D eigenvalue weighted by Crippen LogP contribution is -2.52. The molecule has 178 valence electrons. The van der Waals surface area contributed by atoms with E-state index in [0.29, 0.717) is 11.0 Å². The predicted octanol–water partition coefficient (Wildman–Crippen LogP) is 2.03. The molecule has 2 saturated heterocycles. The number of carbonyl (C=O) groups excluding carboxylic acids is 3. The van der Waals surface area contributed by atoms with Gasteiger partial charge in [-0.05, 0) is 30.2 Å². The predicted molar refractivity (Wildman–Crippen MR) is 122 cm³/mol. The second-order valence-electron chi connectivity index (χ2n) is 7.40. The maximum Gasteiger partial charge on any atom is 0.255 e. The average molecular weight is 481 g/mol. The van der Waals surface area contributed by atoms with Crippen LogP contribution >= 0.6 is 0 Å². The van der Waals surface area contributed by atoms with E-state index in [1.807, 2.05) is 0 Å². The van der Waals surface area contributed by atoms with Crippen molar-refractivity contribution in [3.8, 4) is 0 Å². The third-order valence-electron chi connectivity index (χ3n) is 5.23. The van der Waals surface area contributed by atoms with E-state index in [4.69, 9.17) is 19.2 Å². The van der Waals surface area contributed by atoms with E-state index in [9.17, 15) is 14.4 Å². The average Bonchev–Trinajstić information content (AvgIpc) is 3.12. The van der Waals surface area contributed by atoms with Gasteiger partial charge in [-0.1, -0.05) is 18.2 Å². The third-order valence-corrected chi connectivity index (χ3v) is 5.23. The van der Waals surface area contributed by atoms with Crippen LogP contribution in [0.1, 0.15) is 59.1 Å². The molecule has 0 spiro atoms. The molecule has 8 nitrogen and oxygen atoms in total. The smallest absolute Gasteiger partial charge is 0.255 e. The molecule has 2 N–H and O–H groups in total. The van der Waals surface area contributed by atoms with E-state index in [1.54, 1.807) is 0 Å². The second kappa shape index (κ2) is 9.52. The van der Waals surface area contributed by atoms with Gasteiger partial charge in [0.25, 0.3) is 5.91 Å². The summed E-state index contributed by atoms with van der Waals surface area (Å²) in [6, 6.07) is 4.24. The van der Waals surface area contributed by atoms with Gasteiger partial charge < -0.3 is 15.0 Å². The first-order chi connectivity index (χ1) is 21.7. The van der Waals surface area contributed by atoms with Crippen molar-refractivity contribution in [2.75, 3.05) is 31.4 Å². The van der Waals surface area contributed by atoms with Crippen LogP contribution < -0.4 is 10.6 Å². The summed E-state index contributed by atoms with van der Waals surface area (Å²) < 4.78 is 136. The molecule has 2 aromatic rings. The minimum atomic E-state index is -3.66. The Kier molecular flexibility index (Phi) is 3.20. The quantitative estimate of drug-likeness (QED) is 0.615. The summed E-state index contributed by atoms with van der Waals surface area (Å²) >= 11 is 0. The number of piperidine rings is 1. The molecule has 3 aliphatic rings. The number of rotatable bonds is 6. The number of amides is 3. The number of carbonyl (C=O) groups is 3. The van der Waals surface area contributed by atoms with Gasteiger partial charge in [0.15, 0.2) is 0 Å². The number of fused-ring (bicyclic) bond motifs is 1. The number of nitrogens with one attached hydrogen (secondary N) is 2. The van der Waals surface area contributed by atoms with Crippen LogP contribution in [-0.2, 0) is 33.8 Å². The Morgan fingerprint density at radius 3 is 2.79 bits per heavy atom. The number of imide groups is 1. The molecular weight excluding hydrogens is 439 g/mol. The van der Waals surface area contributed by atoms with E-state index in [0.717, 1.165) is 12.1 Å². The Hall–Kier alpha value is -3.30. The van der Waals surface area contributed by atoms with E-state index in [2.05, 4.69) is 15.4 Å². The van der Waals surface area contributed by atoms with Crippen LogP contribution in [0.15, 0.2) is 36.4 Å². The second-order valence-corrected chi connectivity index (χ2v) is 7.40. The van der Waals surface area contributed by atoms with Crippen LogP contribution in [0.5, 0.6) is 0 Å². The first-order valence-corrected chi connectivity index (χ1v) is 10.1. The molecule has 0 aromatic heterocycles. The number of ether oxygens (including phenoxy) is 1. The maximum atomic E-state index is 15.7. The van der Waals surface area contributed by atoms with Crippen LogP contribution in [0.4, 0.5) is 10.1 Å². The largest absolute Gasteiger partial charge is 0.381 e. The van der Waals surface area contributed by atoms with Gasteiger partial charge in [-0.3, -0.25) is 24.6 Å². The molecule has 3 heterocycles. The third kappa shape index (κ3) is 4.53. The molecule has 0 aliphatic carbocycles. The summed E-state index contributed by atoms with van der Waals surface area (Å²) in [4.78, 5) is 37.7. The van der Waals surface area contributed by atoms with Crippen LogP contribution in [0.3, 0.4) is 0 Å². The Balaban J connectivity index is 1.50. The summed E-state index contributed by atoms with van der Waals surface area (Å²) in [6.45, 7) is -23.6. The zero-order valence-electron chi connectivity index (χ0n) is 31.4. The zero-order chi connectivity index (χ0) is 36.2. The van der Waals surface area contributed by atoms with Gasteiger partial charge in [0.1, 0.15) is 11.9 Å². The number of benzene rings is 2. The van der Waals surface area contributed by atoms with E-state index in [1.165, 1.54) is 18.2 Å². The standard InChI is InChI=1S/C25H27FN4O4/c26-20-12-16(14-29-8-10-34-11-9-29)4-5-17(20)13-27-21-3-1-2-18-19(21)15-30(25(18)33)22-6-7-23(31)28-24(22)32/h1-5,12,22,27H,6-11,13-15H2,(H,28,31,32)/i8D2,9D2,10D2,11D2,13D2,14D2,15D2. The molecule has 2 aromatic carbocycles. The van der Waals surface area contributed by atoms with Crippen LogP contribution in [0.2, 0.25) is 0 Å². The van der Waals surface area contributed by atoms with Crippen molar-refractivity contribution in [1.82, 2.24) is 15.1 Å². The first kappa shape index (κ1) is 11.4. The van der Waals surface area contributed by atoms with Gasteiger partial charge in [0, 0.05) is 69.5 Å². The summed E-state index contributed by atoms with van der Waals surface area (Å²) in [5.41, 5.74) is -2.57. The topological polar surface area (TPSA) is 91.0 Å². The molecule has 34 heavy (non-hydrogen) atoms. The van der Waals surface area contributed by atoms with Crippen molar-refractivity contribution in [3.05, 3.63) is 64.5 Å². The van der Waals surface area contributed by atoms with Crippen molar-refractivity contribution in [1.29, 1.82) is 0 Å². The SMILES string of the molecule is [2H]C([2H])(Nc1cccc2c1C([2H])([2H])N(C1CCC(=O)NC1=O)C2=O)c1ccc(C([2H])([2H])N2C([2H])([2H])C([2H])([2H])OC([2H])([2H])C2([2H])[2H])cc1F. The molecule has 2 fully saturated rings. The van der Waals surface area contributed by atoms with Gasteiger partial charge >= 0.3 is 0 Å². The molecule has 9 heteroatoms. The molecule has 5 rings (SSSR count). The number of hydrogen-bond acceptors (Lipinski definition) is 6. The van der Waals surface area contributed by atoms with Crippen molar-refractivity contribution in [3.63, 3.8) is 0 Å². The Morgan fingerprint density at radius 2 is 2.03 bits per heavy atom. The van der Waals surface area contributed by atoms with Crippen molar-refractivity contribution < 1.29 is 42.7 Å². The summed E-state index contributed by atoms with van der Waals surface area (Å²) in [7, 11) is 0. The van der Waals surface area contributed by atoms with Crippen molar-refractivity contribution in [2.24, 2.45) is 0 Å². The molecular formula is C25H27FN4O4. The lowest BCUT2D eigenvalue weighted by molar-refractivity contribution is -0.136. The summed E-state index contributed by atoms with van der Waals surface area (Å²) in [5.74, 6) is -3.87. The van der Waals surface area contributed by atoms with Crippen LogP contribution in [0, 0.1) is 5.82 Å². The van der Waals surface area contributed by atoms with Gasteiger partial charge in [-0.2, -0.15) is 0 Å². The first-order valence-electron chi connectivity index (χ1n) is 17.1.